The molecule has 0 spiro atoms. The number of carbonyl (C=O) groups is 1. The zero-order valence-electron chi connectivity index (χ0n) is 9.11. The molecule has 0 aliphatic heterocycles. The molecule has 0 fully saturated rings. The minimum Gasteiger partial charge on any atom is -0.480 e. The molecule has 5 heteroatoms. The molecule has 0 amide bonds. The fourth-order valence-corrected chi connectivity index (χ4v) is 1.33. The zero-order chi connectivity index (χ0) is 12.0. The van der Waals surface area contributed by atoms with E-state index in [1.807, 2.05) is 0 Å². The highest BCUT2D eigenvalue weighted by Gasteiger charge is 1.99. The first kappa shape index (κ1) is 12.4. The molecule has 0 saturated carbocycles. The van der Waals surface area contributed by atoms with Crippen LogP contribution >= 0.6 is 11.8 Å². The van der Waals surface area contributed by atoms with Crippen molar-refractivity contribution in [3.63, 3.8) is 0 Å². The van der Waals surface area contributed by atoms with Gasteiger partial charge in [-0.15, -0.1) is 0 Å². The largest absolute Gasteiger partial charge is 0.480 e. The van der Waals surface area contributed by atoms with Crippen molar-refractivity contribution in [3.05, 3.63) is 17.8 Å². The second kappa shape index (κ2) is 6.03. The van der Waals surface area contributed by atoms with E-state index in [2.05, 4.69) is 16.8 Å². The Morgan fingerprint density at radius 2 is 2.44 bits per heavy atom. The van der Waals surface area contributed by atoms with E-state index >= 15 is 0 Å². The number of nitrogens with zero attached hydrogens (tertiary/aromatic N) is 1. The van der Waals surface area contributed by atoms with Gasteiger partial charge in [-0.1, -0.05) is 23.6 Å². The van der Waals surface area contributed by atoms with Crippen molar-refractivity contribution in [3.8, 4) is 17.7 Å². The third-order valence-corrected chi connectivity index (χ3v) is 2.35. The zero-order valence-corrected chi connectivity index (χ0v) is 9.93. The number of nitrogens with two attached hydrogens (primary N) is 1. The number of aromatic nitrogens is 1. The van der Waals surface area contributed by atoms with E-state index in [9.17, 15) is 4.79 Å². The lowest BCUT2D eigenvalue weighted by Crippen LogP contribution is -1.95. The molecule has 0 bridgehead atoms. The maximum Gasteiger partial charge on any atom is 0.236 e. The van der Waals surface area contributed by atoms with Gasteiger partial charge in [-0.25, -0.2) is 4.98 Å². The monoisotopic (exact) mass is 236 g/mol. The lowest BCUT2D eigenvalue weighted by Gasteiger charge is -2.01. The van der Waals surface area contributed by atoms with Gasteiger partial charge in [0.25, 0.3) is 0 Å². The van der Waals surface area contributed by atoms with Gasteiger partial charge in [0.05, 0.1) is 18.6 Å². The molecule has 1 aromatic rings. The molecule has 0 atom stereocenters. The SMILES string of the molecule is COc1ncc(C#CCSC(C)=O)cc1N. The van der Waals surface area contributed by atoms with Gasteiger partial charge >= 0.3 is 0 Å². The number of hydrogen-bond acceptors (Lipinski definition) is 5. The van der Waals surface area contributed by atoms with Crippen LogP contribution in [0.2, 0.25) is 0 Å². The second-order valence-electron chi connectivity index (χ2n) is 2.90. The maximum absolute atomic E-state index is 10.6. The van der Waals surface area contributed by atoms with E-state index in [0.29, 0.717) is 22.9 Å². The van der Waals surface area contributed by atoms with Gasteiger partial charge in [-0.2, -0.15) is 0 Å². The summed E-state index contributed by atoms with van der Waals surface area (Å²) in [4.78, 5) is 14.6. The normalized spacial score (nSPS) is 9.12. The Morgan fingerprint density at radius 3 is 3.00 bits per heavy atom. The molecule has 0 unspecified atom stereocenters. The molecule has 0 aromatic carbocycles. The summed E-state index contributed by atoms with van der Waals surface area (Å²) in [5.74, 6) is 6.59. The molecule has 0 aliphatic carbocycles. The summed E-state index contributed by atoms with van der Waals surface area (Å²) >= 11 is 1.17. The smallest absolute Gasteiger partial charge is 0.236 e. The van der Waals surface area contributed by atoms with Crippen molar-refractivity contribution in [2.45, 2.75) is 6.92 Å². The molecule has 16 heavy (non-hydrogen) atoms. The lowest BCUT2D eigenvalue weighted by molar-refractivity contribution is -0.109. The number of rotatable bonds is 2. The minimum absolute atomic E-state index is 0.0571. The molecule has 0 saturated heterocycles. The first-order chi connectivity index (χ1) is 7.63. The average Bonchev–Trinajstić information content (AvgIpc) is 2.24. The number of hydrogen-bond donors (Lipinski definition) is 1. The van der Waals surface area contributed by atoms with E-state index in [1.54, 1.807) is 12.3 Å². The van der Waals surface area contributed by atoms with Gasteiger partial charge < -0.3 is 10.5 Å². The quantitative estimate of drug-likeness (QED) is 0.784. The average molecular weight is 236 g/mol. The van der Waals surface area contributed by atoms with Gasteiger partial charge in [0.1, 0.15) is 0 Å². The van der Waals surface area contributed by atoms with Gasteiger partial charge in [0.2, 0.25) is 5.88 Å². The molecule has 1 heterocycles. The van der Waals surface area contributed by atoms with Crippen LogP contribution < -0.4 is 10.5 Å². The summed E-state index contributed by atoms with van der Waals surface area (Å²) in [6.45, 7) is 1.51. The van der Waals surface area contributed by atoms with Gasteiger partial charge in [0, 0.05) is 18.7 Å². The van der Waals surface area contributed by atoms with E-state index in [-0.39, 0.29) is 5.12 Å². The molecular weight excluding hydrogens is 224 g/mol. The summed E-state index contributed by atoms with van der Waals surface area (Å²) in [5, 5.41) is 0.0571. The summed E-state index contributed by atoms with van der Waals surface area (Å²) in [6, 6.07) is 1.69. The number of nitrogen functional groups attached to an aromatic ring is 1. The van der Waals surface area contributed by atoms with Crippen molar-refractivity contribution in [2.75, 3.05) is 18.6 Å². The van der Waals surface area contributed by atoms with E-state index in [0.717, 1.165) is 0 Å². The fraction of sp³-hybridized carbons (Fsp3) is 0.273. The number of pyridine rings is 1. The summed E-state index contributed by atoms with van der Waals surface area (Å²) in [6.07, 6.45) is 1.58. The molecule has 1 aromatic heterocycles. The Kier molecular flexibility index (Phi) is 4.67. The molecule has 1 rings (SSSR count). The first-order valence-electron chi connectivity index (χ1n) is 4.55. The molecule has 0 aliphatic rings. The molecule has 0 radical (unpaired) electrons. The van der Waals surface area contributed by atoms with Crippen molar-refractivity contribution < 1.29 is 9.53 Å². The summed E-state index contributed by atoms with van der Waals surface area (Å²) < 4.78 is 4.92. The molecule has 84 valence electrons. The Bertz CT molecular complexity index is 449. The van der Waals surface area contributed by atoms with Crippen molar-refractivity contribution >= 4 is 22.6 Å². The third-order valence-electron chi connectivity index (χ3n) is 1.65. The van der Waals surface area contributed by atoms with Crippen LogP contribution in [0.1, 0.15) is 12.5 Å². The predicted octanol–water partition coefficient (Wildman–Crippen LogP) is 1.30. The Balaban J connectivity index is 2.67. The van der Waals surface area contributed by atoms with E-state index < -0.39 is 0 Å². The number of methoxy groups -OCH3 is 1. The van der Waals surface area contributed by atoms with Gasteiger partial charge in [-0.3, -0.25) is 4.79 Å². The van der Waals surface area contributed by atoms with E-state index in [4.69, 9.17) is 10.5 Å². The fourth-order valence-electron chi connectivity index (χ4n) is 0.984. The minimum atomic E-state index is 0.0571. The topological polar surface area (TPSA) is 65.2 Å². The molecule has 2 N–H and O–H groups in total. The summed E-state index contributed by atoms with van der Waals surface area (Å²) in [7, 11) is 1.51. The standard InChI is InChI=1S/C11H12N2O2S/c1-8(14)16-5-3-4-9-6-10(12)11(15-2)13-7-9/h6-7H,5,12H2,1-2H3. The highest BCUT2D eigenvalue weighted by Crippen LogP contribution is 2.17. The highest BCUT2D eigenvalue weighted by molar-refractivity contribution is 8.13. The summed E-state index contributed by atoms with van der Waals surface area (Å²) in [5.41, 5.74) is 6.83. The van der Waals surface area contributed by atoms with Crippen molar-refractivity contribution in [1.29, 1.82) is 0 Å². The van der Waals surface area contributed by atoms with Gasteiger partial charge in [-0.05, 0) is 6.07 Å². The van der Waals surface area contributed by atoms with Crippen LogP contribution in [-0.4, -0.2) is 23.0 Å². The Labute approximate surface area is 98.6 Å². The van der Waals surface area contributed by atoms with Crippen LogP contribution in [-0.2, 0) is 4.79 Å². The molecule has 4 nitrogen and oxygen atoms in total. The van der Waals surface area contributed by atoms with Crippen LogP contribution in [0, 0.1) is 11.8 Å². The second-order valence-corrected chi connectivity index (χ2v) is 4.06. The number of thioether (sulfide) groups is 1. The van der Waals surface area contributed by atoms with Crippen LogP contribution in [0.5, 0.6) is 5.88 Å². The number of carbonyl (C=O) groups excluding carboxylic acids is 1. The Morgan fingerprint density at radius 1 is 1.69 bits per heavy atom. The predicted molar refractivity (Wildman–Crippen MR) is 65.2 cm³/mol. The van der Waals surface area contributed by atoms with Crippen LogP contribution in [0.4, 0.5) is 5.69 Å². The third kappa shape index (κ3) is 3.83. The lowest BCUT2D eigenvalue weighted by atomic mass is 10.2. The van der Waals surface area contributed by atoms with Crippen LogP contribution in [0.25, 0.3) is 0 Å². The van der Waals surface area contributed by atoms with E-state index in [1.165, 1.54) is 25.8 Å². The van der Waals surface area contributed by atoms with Gasteiger partial charge in [0.15, 0.2) is 5.12 Å². The highest BCUT2D eigenvalue weighted by atomic mass is 32.2. The number of ether oxygens (including phenoxy) is 1. The maximum atomic E-state index is 10.6. The number of anilines is 1. The van der Waals surface area contributed by atoms with Crippen LogP contribution in [0.3, 0.4) is 0 Å². The molecular formula is C11H12N2O2S. The van der Waals surface area contributed by atoms with Crippen molar-refractivity contribution in [2.24, 2.45) is 0 Å². The Hall–Kier alpha value is -1.67. The van der Waals surface area contributed by atoms with Crippen molar-refractivity contribution in [1.82, 2.24) is 4.98 Å². The first-order valence-corrected chi connectivity index (χ1v) is 5.53. The van der Waals surface area contributed by atoms with Crippen LogP contribution in [0.15, 0.2) is 12.3 Å².